The Morgan fingerprint density at radius 1 is 1.21 bits per heavy atom. The smallest absolute Gasteiger partial charge is 0.253 e. The van der Waals surface area contributed by atoms with Crippen molar-refractivity contribution in [3.63, 3.8) is 0 Å². The molecule has 3 N–H and O–H groups in total. The lowest BCUT2D eigenvalue weighted by Gasteiger charge is -2.47. The van der Waals surface area contributed by atoms with Gasteiger partial charge in [0.25, 0.3) is 5.91 Å². The highest BCUT2D eigenvalue weighted by molar-refractivity contribution is 5.87. The standard InChI is InChI=1S/C22H29N3O4/c1-23-19(27)21-12-20(13-21,29-22(21)7-9-24-10-8-22)14-25-18(26)17-16-5-3-2-4-15(16)6-11-28-17/h2-5,17,24H,6-14H2,1H3,(H,23,27)(H,25,26). The highest BCUT2D eigenvalue weighted by Crippen LogP contribution is 2.68. The first kappa shape index (κ1) is 19.0. The van der Waals surface area contributed by atoms with Crippen LogP contribution in [0, 0.1) is 5.41 Å². The van der Waals surface area contributed by atoms with Gasteiger partial charge in [-0.1, -0.05) is 24.3 Å². The van der Waals surface area contributed by atoms with E-state index in [4.69, 9.17) is 9.47 Å². The molecule has 1 atom stereocenters. The summed E-state index contributed by atoms with van der Waals surface area (Å²) in [6.07, 6.45) is 3.25. The van der Waals surface area contributed by atoms with Crippen molar-refractivity contribution in [2.75, 3.05) is 33.3 Å². The van der Waals surface area contributed by atoms with Gasteiger partial charge in [0.15, 0.2) is 6.10 Å². The van der Waals surface area contributed by atoms with E-state index in [-0.39, 0.29) is 11.8 Å². The van der Waals surface area contributed by atoms with Gasteiger partial charge in [-0.2, -0.15) is 0 Å². The minimum absolute atomic E-state index is 0.0726. The number of ether oxygens (including phenoxy) is 2. The summed E-state index contributed by atoms with van der Waals surface area (Å²) in [6, 6.07) is 7.96. The van der Waals surface area contributed by atoms with Crippen LogP contribution in [-0.4, -0.2) is 56.3 Å². The minimum Gasteiger partial charge on any atom is -0.365 e. The topological polar surface area (TPSA) is 88.7 Å². The van der Waals surface area contributed by atoms with Crippen molar-refractivity contribution in [2.45, 2.75) is 49.4 Å². The fraction of sp³-hybridized carbons (Fsp3) is 0.636. The molecular formula is C22H29N3O4. The van der Waals surface area contributed by atoms with Gasteiger partial charge in [0.2, 0.25) is 5.91 Å². The summed E-state index contributed by atoms with van der Waals surface area (Å²) in [4.78, 5) is 25.7. The second kappa shape index (κ2) is 6.79. The van der Waals surface area contributed by atoms with Crippen LogP contribution in [0.4, 0.5) is 0 Å². The summed E-state index contributed by atoms with van der Waals surface area (Å²) in [5, 5.41) is 9.29. The van der Waals surface area contributed by atoms with Gasteiger partial charge in [0.05, 0.1) is 23.2 Å². The quantitative estimate of drug-likeness (QED) is 0.698. The number of hydrogen-bond acceptors (Lipinski definition) is 5. The zero-order valence-electron chi connectivity index (χ0n) is 16.9. The molecule has 7 nitrogen and oxygen atoms in total. The molecule has 2 amide bonds. The maximum atomic E-state index is 12.9. The zero-order chi connectivity index (χ0) is 20.1. The number of amides is 2. The molecule has 1 aromatic rings. The highest BCUT2D eigenvalue weighted by Gasteiger charge is 2.77. The number of fused-ring (bicyclic) bond motifs is 1. The van der Waals surface area contributed by atoms with Crippen molar-refractivity contribution in [1.82, 2.24) is 16.0 Å². The van der Waals surface area contributed by atoms with Crippen LogP contribution in [0.25, 0.3) is 0 Å². The molecule has 3 saturated heterocycles. The lowest BCUT2D eigenvalue weighted by atomic mass is 9.53. The Labute approximate surface area is 170 Å². The van der Waals surface area contributed by atoms with E-state index >= 15 is 0 Å². The van der Waals surface area contributed by atoms with Crippen LogP contribution < -0.4 is 16.0 Å². The number of carbonyl (C=O) groups excluding carboxylic acids is 2. The Balaban J connectivity index is 1.30. The first-order chi connectivity index (χ1) is 14.0. The number of piperidine rings is 1. The second-order valence-electron chi connectivity index (χ2n) is 8.96. The third kappa shape index (κ3) is 2.75. The first-order valence-electron chi connectivity index (χ1n) is 10.6. The average Bonchev–Trinajstić information content (AvgIpc) is 3.15. The van der Waals surface area contributed by atoms with Crippen LogP contribution in [-0.2, 0) is 25.5 Å². The fourth-order valence-corrected chi connectivity index (χ4v) is 6.09. The summed E-state index contributed by atoms with van der Waals surface area (Å²) in [6.45, 7) is 2.68. The van der Waals surface area contributed by atoms with Gasteiger partial charge in [-0.05, 0) is 56.3 Å². The van der Waals surface area contributed by atoms with Crippen LogP contribution in [0.3, 0.4) is 0 Å². The van der Waals surface area contributed by atoms with Crippen molar-refractivity contribution in [3.05, 3.63) is 35.4 Å². The predicted octanol–water partition coefficient (Wildman–Crippen LogP) is 0.834. The molecule has 1 saturated carbocycles. The van der Waals surface area contributed by atoms with E-state index in [2.05, 4.69) is 22.0 Å². The Hall–Kier alpha value is -1.96. The van der Waals surface area contributed by atoms with E-state index in [0.29, 0.717) is 26.0 Å². The molecule has 5 aliphatic rings. The third-order valence-electron chi connectivity index (χ3n) is 7.42. The number of nitrogens with one attached hydrogen (secondary N) is 3. The lowest BCUT2D eigenvalue weighted by molar-refractivity contribution is -0.140. The van der Waals surface area contributed by atoms with Crippen molar-refractivity contribution in [2.24, 2.45) is 5.41 Å². The maximum Gasteiger partial charge on any atom is 0.253 e. The first-order valence-corrected chi connectivity index (χ1v) is 10.6. The summed E-state index contributed by atoms with van der Waals surface area (Å²) in [7, 11) is 1.70. The van der Waals surface area contributed by atoms with Crippen LogP contribution in [0.15, 0.2) is 24.3 Å². The van der Waals surface area contributed by atoms with Crippen LogP contribution >= 0.6 is 0 Å². The number of benzene rings is 1. The highest BCUT2D eigenvalue weighted by atomic mass is 16.5. The van der Waals surface area contributed by atoms with E-state index in [0.717, 1.165) is 37.9 Å². The van der Waals surface area contributed by atoms with Gasteiger partial charge in [-0.3, -0.25) is 9.59 Å². The molecule has 2 bridgehead atoms. The normalized spacial score (nSPS) is 34.2. The molecule has 0 aromatic heterocycles. The van der Waals surface area contributed by atoms with E-state index in [1.807, 2.05) is 18.2 Å². The third-order valence-corrected chi connectivity index (χ3v) is 7.42. The SMILES string of the molecule is CNC(=O)C12CC(CNC(=O)C3OCCc4ccccc43)(C1)OC21CCNCC1. The van der Waals surface area contributed by atoms with Crippen molar-refractivity contribution in [1.29, 1.82) is 0 Å². The molecule has 1 unspecified atom stereocenters. The average molecular weight is 399 g/mol. The molecule has 7 heteroatoms. The molecule has 1 aliphatic carbocycles. The summed E-state index contributed by atoms with van der Waals surface area (Å²) in [5.41, 5.74) is 0.780. The van der Waals surface area contributed by atoms with Crippen LogP contribution in [0.2, 0.25) is 0 Å². The Kier molecular flexibility index (Phi) is 4.46. The van der Waals surface area contributed by atoms with Gasteiger partial charge < -0.3 is 25.4 Å². The number of carbonyl (C=O) groups is 2. The van der Waals surface area contributed by atoms with Gasteiger partial charge in [0.1, 0.15) is 0 Å². The van der Waals surface area contributed by atoms with Gasteiger partial charge in [0, 0.05) is 13.6 Å². The molecule has 0 radical (unpaired) electrons. The molecular weight excluding hydrogens is 370 g/mol. The van der Waals surface area contributed by atoms with Crippen LogP contribution in [0.1, 0.15) is 42.9 Å². The minimum atomic E-state index is -0.575. The molecule has 6 rings (SSSR count). The van der Waals surface area contributed by atoms with E-state index in [9.17, 15) is 9.59 Å². The Bertz CT molecular complexity index is 827. The number of rotatable bonds is 4. The predicted molar refractivity (Wildman–Crippen MR) is 106 cm³/mol. The van der Waals surface area contributed by atoms with E-state index in [1.54, 1.807) is 7.05 Å². The molecule has 1 aromatic carbocycles. The van der Waals surface area contributed by atoms with E-state index < -0.39 is 22.7 Å². The Morgan fingerprint density at radius 3 is 2.72 bits per heavy atom. The van der Waals surface area contributed by atoms with E-state index in [1.165, 1.54) is 5.56 Å². The fourth-order valence-electron chi connectivity index (χ4n) is 6.09. The van der Waals surface area contributed by atoms with Gasteiger partial charge >= 0.3 is 0 Å². The van der Waals surface area contributed by atoms with Crippen molar-refractivity contribution >= 4 is 11.8 Å². The van der Waals surface area contributed by atoms with Crippen molar-refractivity contribution in [3.8, 4) is 0 Å². The largest absolute Gasteiger partial charge is 0.365 e. The number of hydrogen-bond donors (Lipinski definition) is 3. The van der Waals surface area contributed by atoms with Crippen LogP contribution in [0.5, 0.6) is 0 Å². The monoisotopic (exact) mass is 399 g/mol. The molecule has 4 heterocycles. The summed E-state index contributed by atoms with van der Waals surface area (Å²) >= 11 is 0. The molecule has 156 valence electrons. The second-order valence-corrected chi connectivity index (χ2v) is 8.96. The Morgan fingerprint density at radius 2 is 1.97 bits per heavy atom. The molecule has 4 aliphatic heterocycles. The van der Waals surface area contributed by atoms with Gasteiger partial charge in [-0.15, -0.1) is 0 Å². The summed E-state index contributed by atoms with van der Waals surface area (Å²) < 4.78 is 12.4. The molecule has 4 fully saturated rings. The summed E-state index contributed by atoms with van der Waals surface area (Å²) in [5.74, 6) is -0.0535. The maximum absolute atomic E-state index is 12.9. The van der Waals surface area contributed by atoms with Gasteiger partial charge in [-0.25, -0.2) is 0 Å². The zero-order valence-corrected chi connectivity index (χ0v) is 16.9. The molecule has 1 spiro atoms. The lowest BCUT2D eigenvalue weighted by Crippen LogP contribution is -2.61. The van der Waals surface area contributed by atoms with Crippen molar-refractivity contribution < 1.29 is 19.1 Å². The molecule has 29 heavy (non-hydrogen) atoms.